The average molecular weight is 456 g/mol. The van der Waals surface area contributed by atoms with E-state index in [-0.39, 0.29) is 11.7 Å². The molecule has 6 heteroatoms. The molecular weight excluding hydrogens is 430 g/mol. The maximum absolute atomic E-state index is 12.8. The van der Waals surface area contributed by atoms with Crippen LogP contribution in [-0.4, -0.2) is 28.1 Å². The number of benzene rings is 2. The van der Waals surface area contributed by atoms with Gasteiger partial charge in [0.15, 0.2) is 5.76 Å². The lowest BCUT2D eigenvalue weighted by Crippen LogP contribution is -2.38. The zero-order valence-electron chi connectivity index (χ0n) is 17.3. The van der Waals surface area contributed by atoms with Crippen molar-refractivity contribution in [1.29, 1.82) is 0 Å². The zero-order chi connectivity index (χ0) is 21.6. The van der Waals surface area contributed by atoms with Gasteiger partial charge in [0.1, 0.15) is 5.76 Å². The van der Waals surface area contributed by atoms with Crippen molar-refractivity contribution in [3.05, 3.63) is 94.4 Å². The van der Waals surface area contributed by atoms with Crippen LogP contribution in [0.4, 0.5) is 0 Å². The minimum atomic E-state index is -1.14. The van der Waals surface area contributed by atoms with Gasteiger partial charge in [-0.1, -0.05) is 54.1 Å². The summed E-state index contributed by atoms with van der Waals surface area (Å²) in [7, 11) is -1.14. The van der Waals surface area contributed by atoms with E-state index in [1.54, 1.807) is 18.2 Å². The monoisotopic (exact) mass is 455 g/mol. The Labute approximate surface area is 190 Å². The molecule has 1 fully saturated rings. The maximum atomic E-state index is 12.8. The summed E-state index contributed by atoms with van der Waals surface area (Å²) in [6, 6.07) is 21.3. The molecule has 162 valence electrons. The van der Waals surface area contributed by atoms with E-state index >= 15 is 0 Å². The molecule has 0 radical (unpaired) electrons. The van der Waals surface area contributed by atoms with E-state index in [9.17, 15) is 9.00 Å². The summed E-state index contributed by atoms with van der Waals surface area (Å²) in [5, 5.41) is 0.632. The van der Waals surface area contributed by atoms with Gasteiger partial charge in [0.2, 0.25) is 0 Å². The largest absolute Gasteiger partial charge is 0.455 e. The van der Waals surface area contributed by atoms with Gasteiger partial charge in [-0.15, -0.1) is 0 Å². The summed E-state index contributed by atoms with van der Waals surface area (Å²) >= 11 is 5.99. The Bertz CT molecular complexity index is 1040. The number of likely N-dealkylation sites (tertiary alicyclic amines) is 1. The van der Waals surface area contributed by atoms with Crippen LogP contribution in [-0.2, 0) is 28.7 Å². The Morgan fingerprint density at radius 3 is 2.45 bits per heavy atom. The molecule has 0 N–H and O–H groups in total. The molecule has 4 rings (SSSR count). The Morgan fingerprint density at radius 2 is 1.71 bits per heavy atom. The summed E-state index contributed by atoms with van der Waals surface area (Å²) in [6.07, 6.45) is 3.06. The van der Waals surface area contributed by atoms with Gasteiger partial charge in [-0.25, -0.2) is 0 Å². The van der Waals surface area contributed by atoms with Gasteiger partial charge in [0, 0.05) is 34.7 Å². The molecule has 31 heavy (non-hydrogen) atoms. The normalized spacial score (nSPS) is 15.7. The highest BCUT2D eigenvalue weighted by Gasteiger charge is 2.25. The molecule has 0 unspecified atom stereocenters. The standard InChI is InChI=1S/C25H26ClNO3S/c26-22-8-4-7-21(16-22)17-31(29)18-23-9-10-24(30-23)25(28)27-13-11-20(12-14-27)15-19-5-2-1-3-6-19/h1-10,16,20H,11-15,17-18H2/t31-/m0/s1. The quantitative estimate of drug-likeness (QED) is 0.474. The molecule has 1 aromatic heterocycles. The maximum Gasteiger partial charge on any atom is 0.289 e. The Kier molecular flexibility index (Phi) is 7.25. The Hall–Kier alpha value is -2.37. The molecule has 0 bridgehead atoms. The first-order valence-electron chi connectivity index (χ1n) is 10.6. The fourth-order valence-electron chi connectivity index (χ4n) is 4.04. The molecule has 2 aromatic carbocycles. The first kappa shape index (κ1) is 21.8. The van der Waals surface area contributed by atoms with Crippen molar-refractivity contribution in [2.24, 2.45) is 5.92 Å². The zero-order valence-corrected chi connectivity index (χ0v) is 18.9. The number of hydrogen-bond donors (Lipinski definition) is 0. The summed E-state index contributed by atoms with van der Waals surface area (Å²) < 4.78 is 18.2. The molecule has 0 spiro atoms. The number of carbonyl (C=O) groups is 1. The molecule has 1 aliphatic heterocycles. The van der Waals surface area contributed by atoms with Gasteiger partial charge in [-0.05, 0) is 60.6 Å². The molecule has 2 heterocycles. The van der Waals surface area contributed by atoms with Crippen molar-refractivity contribution in [3.8, 4) is 0 Å². The summed E-state index contributed by atoms with van der Waals surface area (Å²) in [6.45, 7) is 1.49. The van der Waals surface area contributed by atoms with Crippen molar-refractivity contribution < 1.29 is 13.4 Å². The number of hydrogen-bond acceptors (Lipinski definition) is 3. The van der Waals surface area contributed by atoms with Crippen LogP contribution in [0, 0.1) is 5.92 Å². The predicted octanol–water partition coefficient (Wildman–Crippen LogP) is 5.48. The average Bonchev–Trinajstić information content (AvgIpc) is 3.23. The van der Waals surface area contributed by atoms with Gasteiger partial charge in [0.05, 0.1) is 5.75 Å². The second-order valence-corrected chi connectivity index (χ2v) is 9.94. The van der Waals surface area contributed by atoms with Gasteiger partial charge in [-0.2, -0.15) is 0 Å². The van der Waals surface area contributed by atoms with Crippen molar-refractivity contribution in [2.45, 2.75) is 30.8 Å². The van der Waals surface area contributed by atoms with Crippen LogP contribution in [0.5, 0.6) is 0 Å². The lowest BCUT2D eigenvalue weighted by atomic mass is 9.90. The predicted molar refractivity (Wildman–Crippen MR) is 124 cm³/mol. The van der Waals surface area contributed by atoms with Crippen molar-refractivity contribution in [2.75, 3.05) is 13.1 Å². The topological polar surface area (TPSA) is 50.5 Å². The number of rotatable bonds is 7. The van der Waals surface area contributed by atoms with E-state index < -0.39 is 10.8 Å². The van der Waals surface area contributed by atoms with Crippen LogP contribution in [0.1, 0.15) is 40.3 Å². The third-order valence-electron chi connectivity index (χ3n) is 5.66. The van der Waals surface area contributed by atoms with E-state index in [0.717, 1.165) is 37.9 Å². The smallest absolute Gasteiger partial charge is 0.289 e. The summed E-state index contributed by atoms with van der Waals surface area (Å²) in [5.74, 6) is 2.11. The number of nitrogens with zero attached hydrogens (tertiary/aromatic N) is 1. The molecule has 4 nitrogen and oxygen atoms in total. The molecule has 1 saturated heterocycles. The SMILES string of the molecule is O=C(c1ccc(C[S@@](=O)Cc2cccc(Cl)c2)o1)N1CCC(Cc2ccccc2)CC1. The highest BCUT2D eigenvalue weighted by Crippen LogP contribution is 2.24. The van der Waals surface area contributed by atoms with Crippen LogP contribution in [0.25, 0.3) is 0 Å². The van der Waals surface area contributed by atoms with E-state index in [1.807, 2.05) is 29.2 Å². The number of halogens is 1. The Morgan fingerprint density at radius 1 is 0.968 bits per heavy atom. The molecule has 3 aromatic rings. The van der Waals surface area contributed by atoms with Crippen molar-refractivity contribution >= 4 is 28.3 Å². The Balaban J connectivity index is 1.28. The van der Waals surface area contributed by atoms with Gasteiger partial charge in [0.25, 0.3) is 5.91 Å². The van der Waals surface area contributed by atoms with E-state index in [0.29, 0.717) is 28.2 Å². The molecule has 0 aliphatic carbocycles. The number of furan rings is 1. The van der Waals surface area contributed by atoms with Crippen molar-refractivity contribution in [3.63, 3.8) is 0 Å². The minimum absolute atomic E-state index is 0.0787. The highest BCUT2D eigenvalue weighted by molar-refractivity contribution is 7.83. The molecule has 0 saturated carbocycles. The second kappa shape index (κ2) is 10.3. The lowest BCUT2D eigenvalue weighted by molar-refractivity contribution is 0.0657. The van der Waals surface area contributed by atoms with E-state index in [4.69, 9.17) is 16.0 Å². The summed E-state index contributed by atoms with van der Waals surface area (Å²) in [4.78, 5) is 14.7. The van der Waals surface area contributed by atoms with Crippen LogP contribution < -0.4 is 0 Å². The summed E-state index contributed by atoms with van der Waals surface area (Å²) in [5.41, 5.74) is 2.28. The molecule has 1 atom stereocenters. The van der Waals surface area contributed by atoms with E-state index in [2.05, 4.69) is 24.3 Å². The lowest BCUT2D eigenvalue weighted by Gasteiger charge is -2.31. The van der Waals surface area contributed by atoms with Crippen LogP contribution in [0.15, 0.2) is 71.1 Å². The van der Waals surface area contributed by atoms with Crippen LogP contribution in [0.2, 0.25) is 5.02 Å². The first-order valence-corrected chi connectivity index (χ1v) is 12.4. The fraction of sp³-hybridized carbons (Fsp3) is 0.320. The van der Waals surface area contributed by atoms with E-state index in [1.165, 1.54) is 5.56 Å². The fourth-order valence-corrected chi connectivity index (χ4v) is 5.37. The van der Waals surface area contributed by atoms with Crippen LogP contribution >= 0.6 is 11.6 Å². The number of carbonyl (C=O) groups excluding carboxylic acids is 1. The first-order chi connectivity index (χ1) is 15.1. The van der Waals surface area contributed by atoms with Gasteiger partial charge < -0.3 is 9.32 Å². The second-order valence-electron chi connectivity index (χ2n) is 8.05. The third-order valence-corrected chi connectivity index (χ3v) is 7.16. The third kappa shape index (κ3) is 6.08. The molecule has 1 aliphatic rings. The van der Waals surface area contributed by atoms with Gasteiger partial charge in [-0.3, -0.25) is 9.00 Å². The number of amides is 1. The minimum Gasteiger partial charge on any atom is -0.455 e. The van der Waals surface area contributed by atoms with Crippen LogP contribution in [0.3, 0.4) is 0 Å². The van der Waals surface area contributed by atoms with Crippen molar-refractivity contribution in [1.82, 2.24) is 4.90 Å². The number of piperidine rings is 1. The highest BCUT2D eigenvalue weighted by atomic mass is 35.5. The molecular formula is C25H26ClNO3S. The van der Waals surface area contributed by atoms with Gasteiger partial charge >= 0.3 is 0 Å². The molecule has 1 amide bonds.